The normalized spacial score (nSPS) is 11.4. The lowest BCUT2D eigenvalue weighted by molar-refractivity contribution is -0.132. The molecule has 0 amide bonds. The second-order valence-electron chi connectivity index (χ2n) is 6.81. The van der Waals surface area contributed by atoms with E-state index >= 15 is 0 Å². The minimum atomic E-state index is -0.349. The molecule has 3 aromatic carbocycles. The minimum Gasteiger partial charge on any atom is -0.427 e. The average molecular weight is 400 g/mol. The van der Waals surface area contributed by atoms with Gasteiger partial charge in [-0.05, 0) is 58.5 Å². The Morgan fingerprint density at radius 1 is 0.667 bits per heavy atom. The Morgan fingerprint density at radius 2 is 1.23 bits per heavy atom. The summed E-state index contributed by atoms with van der Waals surface area (Å²) in [6, 6.07) is 25.2. The number of hydrogen-bond donors (Lipinski definition) is 0. The summed E-state index contributed by atoms with van der Waals surface area (Å²) in [6.45, 7) is 4.88. The standard InChI is InChI=1S/C26H24O4/c1-4-25(22-11-8-12-24(17-22)30-19(3)28)26(20-9-6-5-7-10-20)21-13-15-23(16-14-21)29-18(2)27/h5-17H,4H2,1-3H3/b26-25+. The average Bonchev–Trinajstić information content (AvgIpc) is 2.72. The van der Waals surface area contributed by atoms with Crippen molar-refractivity contribution in [2.45, 2.75) is 27.2 Å². The fraction of sp³-hybridized carbons (Fsp3) is 0.154. The Balaban J connectivity index is 2.16. The molecule has 0 N–H and O–H groups in total. The van der Waals surface area contributed by atoms with E-state index in [1.807, 2.05) is 48.5 Å². The van der Waals surface area contributed by atoms with Crippen molar-refractivity contribution in [2.24, 2.45) is 0 Å². The summed E-state index contributed by atoms with van der Waals surface area (Å²) in [5, 5.41) is 0. The molecule has 0 aliphatic heterocycles. The van der Waals surface area contributed by atoms with E-state index in [1.54, 1.807) is 18.2 Å². The van der Waals surface area contributed by atoms with Crippen LogP contribution >= 0.6 is 0 Å². The fourth-order valence-corrected chi connectivity index (χ4v) is 3.41. The third-order valence-corrected chi connectivity index (χ3v) is 4.57. The van der Waals surface area contributed by atoms with Crippen LogP contribution in [0.25, 0.3) is 11.1 Å². The molecule has 0 aliphatic carbocycles. The van der Waals surface area contributed by atoms with Crippen LogP contribution in [-0.2, 0) is 9.59 Å². The summed E-state index contributed by atoms with van der Waals surface area (Å²) in [6.07, 6.45) is 0.777. The number of benzene rings is 3. The molecule has 152 valence electrons. The number of carbonyl (C=O) groups excluding carboxylic acids is 2. The van der Waals surface area contributed by atoms with Crippen LogP contribution in [0.5, 0.6) is 11.5 Å². The van der Waals surface area contributed by atoms with Crippen LogP contribution in [0.4, 0.5) is 0 Å². The van der Waals surface area contributed by atoms with Gasteiger partial charge in [-0.15, -0.1) is 0 Å². The first-order valence-electron chi connectivity index (χ1n) is 9.84. The summed E-state index contributed by atoms with van der Waals surface area (Å²) >= 11 is 0. The third-order valence-electron chi connectivity index (χ3n) is 4.57. The highest BCUT2D eigenvalue weighted by molar-refractivity contribution is 5.98. The highest BCUT2D eigenvalue weighted by atomic mass is 16.5. The molecule has 30 heavy (non-hydrogen) atoms. The van der Waals surface area contributed by atoms with Crippen LogP contribution in [0.1, 0.15) is 43.9 Å². The van der Waals surface area contributed by atoms with E-state index in [1.165, 1.54) is 13.8 Å². The molecule has 0 saturated heterocycles. The lowest BCUT2D eigenvalue weighted by Gasteiger charge is -2.17. The molecule has 0 aliphatic rings. The lowest BCUT2D eigenvalue weighted by atomic mass is 9.88. The zero-order valence-corrected chi connectivity index (χ0v) is 17.3. The van der Waals surface area contributed by atoms with Gasteiger partial charge in [-0.2, -0.15) is 0 Å². The highest BCUT2D eigenvalue weighted by Crippen LogP contribution is 2.36. The molecule has 4 heteroatoms. The van der Waals surface area contributed by atoms with Crippen molar-refractivity contribution in [1.82, 2.24) is 0 Å². The molecule has 0 aromatic heterocycles. The van der Waals surface area contributed by atoms with Crippen LogP contribution in [0, 0.1) is 0 Å². The zero-order valence-electron chi connectivity index (χ0n) is 17.3. The second kappa shape index (κ2) is 9.70. The molecule has 0 radical (unpaired) electrons. The minimum absolute atomic E-state index is 0.349. The highest BCUT2D eigenvalue weighted by Gasteiger charge is 2.14. The Bertz CT molecular complexity index is 1060. The SMILES string of the molecule is CC/C(=C(/c1ccccc1)c1ccc(OC(C)=O)cc1)c1cccc(OC(C)=O)c1. The van der Waals surface area contributed by atoms with E-state index < -0.39 is 0 Å². The Morgan fingerprint density at radius 3 is 1.83 bits per heavy atom. The van der Waals surface area contributed by atoms with Gasteiger partial charge in [0.05, 0.1) is 0 Å². The first-order valence-corrected chi connectivity index (χ1v) is 9.84. The van der Waals surface area contributed by atoms with Gasteiger partial charge in [0.25, 0.3) is 0 Å². The van der Waals surface area contributed by atoms with E-state index in [-0.39, 0.29) is 11.9 Å². The molecule has 0 saturated carbocycles. The molecule has 0 heterocycles. The molecule has 0 fully saturated rings. The number of hydrogen-bond acceptors (Lipinski definition) is 4. The van der Waals surface area contributed by atoms with Crippen LogP contribution in [0.2, 0.25) is 0 Å². The van der Waals surface area contributed by atoms with E-state index in [2.05, 4.69) is 19.1 Å². The van der Waals surface area contributed by atoms with Gasteiger partial charge >= 0.3 is 11.9 Å². The largest absolute Gasteiger partial charge is 0.427 e. The predicted octanol–water partition coefficient (Wildman–Crippen LogP) is 5.91. The number of ether oxygens (including phenoxy) is 2. The summed E-state index contributed by atoms with van der Waals surface area (Å²) in [4.78, 5) is 22.6. The molecule has 3 aromatic rings. The lowest BCUT2D eigenvalue weighted by Crippen LogP contribution is -2.02. The van der Waals surface area contributed by atoms with Crippen molar-refractivity contribution in [3.05, 3.63) is 95.6 Å². The number of esters is 2. The summed E-state index contributed by atoms with van der Waals surface area (Å²) in [5.74, 6) is 0.328. The topological polar surface area (TPSA) is 52.6 Å². The molecule has 0 spiro atoms. The van der Waals surface area contributed by atoms with Crippen LogP contribution in [0.15, 0.2) is 78.9 Å². The van der Waals surface area contributed by atoms with Crippen LogP contribution < -0.4 is 9.47 Å². The number of rotatable bonds is 6. The third kappa shape index (κ3) is 5.23. The van der Waals surface area contributed by atoms with Crippen molar-refractivity contribution < 1.29 is 19.1 Å². The molecule has 4 nitrogen and oxygen atoms in total. The van der Waals surface area contributed by atoms with Gasteiger partial charge in [0, 0.05) is 13.8 Å². The smallest absolute Gasteiger partial charge is 0.308 e. The second-order valence-corrected chi connectivity index (χ2v) is 6.81. The molecular weight excluding hydrogens is 376 g/mol. The zero-order chi connectivity index (χ0) is 21.5. The van der Waals surface area contributed by atoms with Crippen molar-refractivity contribution in [1.29, 1.82) is 0 Å². The van der Waals surface area contributed by atoms with Crippen LogP contribution in [0.3, 0.4) is 0 Å². The van der Waals surface area contributed by atoms with E-state index in [0.717, 1.165) is 34.3 Å². The van der Waals surface area contributed by atoms with Gasteiger partial charge in [0.2, 0.25) is 0 Å². The number of allylic oxidation sites excluding steroid dienone is 1. The van der Waals surface area contributed by atoms with Gasteiger partial charge < -0.3 is 9.47 Å². The van der Waals surface area contributed by atoms with Crippen molar-refractivity contribution in [3.63, 3.8) is 0 Å². The Labute approximate surface area is 176 Å². The number of carbonyl (C=O) groups is 2. The van der Waals surface area contributed by atoms with Gasteiger partial charge in [-0.25, -0.2) is 0 Å². The maximum absolute atomic E-state index is 11.4. The fourth-order valence-electron chi connectivity index (χ4n) is 3.41. The van der Waals surface area contributed by atoms with Crippen molar-refractivity contribution in [2.75, 3.05) is 0 Å². The van der Waals surface area contributed by atoms with Crippen molar-refractivity contribution in [3.8, 4) is 11.5 Å². The monoisotopic (exact) mass is 400 g/mol. The van der Waals surface area contributed by atoms with Gasteiger partial charge in [-0.3, -0.25) is 9.59 Å². The van der Waals surface area contributed by atoms with Gasteiger partial charge in [0.1, 0.15) is 11.5 Å². The first kappa shape index (κ1) is 21.1. The first-order chi connectivity index (χ1) is 14.5. The molecule has 0 unspecified atom stereocenters. The molecular formula is C26H24O4. The van der Waals surface area contributed by atoms with Crippen molar-refractivity contribution >= 4 is 23.1 Å². The van der Waals surface area contributed by atoms with E-state index in [0.29, 0.717) is 11.5 Å². The Kier molecular flexibility index (Phi) is 6.81. The Hall–Kier alpha value is -3.66. The van der Waals surface area contributed by atoms with Gasteiger partial charge in [-0.1, -0.05) is 61.5 Å². The predicted molar refractivity (Wildman–Crippen MR) is 118 cm³/mol. The maximum atomic E-state index is 11.4. The van der Waals surface area contributed by atoms with E-state index in [4.69, 9.17) is 9.47 Å². The maximum Gasteiger partial charge on any atom is 0.308 e. The molecule has 0 atom stereocenters. The van der Waals surface area contributed by atoms with Crippen LogP contribution in [-0.4, -0.2) is 11.9 Å². The summed E-state index contributed by atoms with van der Waals surface area (Å²) in [5.41, 5.74) is 5.27. The molecule has 0 bridgehead atoms. The summed E-state index contributed by atoms with van der Waals surface area (Å²) < 4.78 is 10.5. The van der Waals surface area contributed by atoms with E-state index in [9.17, 15) is 9.59 Å². The molecule has 3 rings (SSSR count). The summed E-state index contributed by atoms with van der Waals surface area (Å²) in [7, 11) is 0. The quantitative estimate of drug-likeness (QED) is 0.293. The van der Waals surface area contributed by atoms with Gasteiger partial charge in [0.15, 0.2) is 0 Å².